The summed E-state index contributed by atoms with van der Waals surface area (Å²) in [5, 5.41) is 3.10. The first-order valence-corrected chi connectivity index (χ1v) is 9.80. The number of nitrogens with zero attached hydrogens (tertiary/aromatic N) is 5. The maximum atomic E-state index is 6.17. The van der Waals surface area contributed by atoms with Crippen molar-refractivity contribution < 1.29 is 0 Å². The summed E-state index contributed by atoms with van der Waals surface area (Å²) in [6.45, 7) is 4.36. The molecule has 136 valence electrons. The number of hydrogen-bond acceptors (Lipinski definition) is 5. The van der Waals surface area contributed by atoms with Gasteiger partial charge in [0, 0.05) is 50.7 Å². The van der Waals surface area contributed by atoms with Crippen LogP contribution in [-0.4, -0.2) is 58.5 Å². The molecule has 1 aromatic carbocycles. The molecule has 0 amide bonds. The van der Waals surface area contributed by atoms with Crippen LogP contribution in [0.4, 0.5) is 5.13 Å². The molecule has 7 nitrogen and oxygen atoms in total. The number of H-pyrrole nitrogens is 1. The molecule has 4 rings (SSSR count). The second-order valence-corrected chi connectivity index (χ2v) is 7.21. The van der Waals surface area contributed by atoms with Crippen molar-refractivity contribution in [1.82, 2.24) is 19.9 Å². The average Bonchev–Trinajstić information content (AvgIpc) is 3.34. The number of thiazole rings is 1. The highest BCUT2D eigenvalue weighted by molar-refractivity contribution is 7.13. The Kier molecular flexibility index (Phi) is 5.01. The molecule has 1 aliphatic rings. The quantitative estimate of drug-likeness (QED) is 0.409. The van der Waals surface area contributed by atoms with Gasteiger partial charge in [0.15, 0.2) is 11.1 Å². The molecular weight excluding hydrogens is 346 g/mol. The molecule has 0 spiro atoms. The van der Waals surface area contributed by atoms with Gasteiger partial charge in [-0.05, 0) is 18.6 Å². The summed E-state index contributed by atoms with van der Waals surface area (Å²) in [4.78, 5) is 21.3. The number of hydrogen-bond donors (Lipinski definition) is 2. The number of para-hydroxylation sites is 2. The molecule has 0 saturated carbocycles. The van der Waals surface area contributed by atoms with Crippen LogP contribution in [0.5, 0.6) is 0 Å². The van der Waals surface area contributed by atoms with E-state index in [4.69, 9.17) is 5.73 Å². The van der Waals surface area contributed by atoms with E-state index in [9.17, 15) is 0 Å². The third-order valence-corrected chi connectivity index (χ3v) is 5.41. The molecule has 0 bridgehead atoms. The lowest BCUT2D eigenvalue weighted by atomic mass is 10.3. The third-order valence-electron chi connectivity index (χ3n) is 4.58. The van der Waals surface area contributed by atoms with E-state index in [0.29, 0.717) is 5.96 Å². The molecule has 3 aromatic rings. The standard InChI is InChI=1S/C18H23N7S/c19-17(24-9-11-25(12-10-24)18-21-8-13-26-18)20-7-3-6-16-22-14-4-1-2-5-15(14)23-16/h1-2,4-5,8,13H,3,6-7,9-12H2,(H2,19,20)(H,22,23). The van der Waals surface area contributed by atoms with Crippen LogP contribution in [-0.2, 0) is 6.42 Å². The van der Waals surface area contributed by atoms with Crippen LogP contribution in [0.2, 0.25) is 0 Å². The Labute approximate surface area is 156 Å². The van der Waals surface area contributed by atoms with Gasteiger partial charge in [0.1, 0.15) is 5.82 Å². The van der Waals surface area contributed by atoms with E-state index in [2.05, 4.69) is 29.7 Å². The van der Waals surface area contributed by atoms with Gasteiger partial charge in [-0.2, -0.15) is 0 Å². The zero-order valence-corrected chi connectivity index (χ0v) is 15.5. The van der Waals surface area contributed by atoms with Gasteiger partial charge in [0.2, 0.25) is 0 Å². The Hall–Kier alpha value is -2.61. The Morgan fingerprint density at radius 2 is 2.08 bits per heavy atom. The van der Waals surface area contributed by atoms with Crippen LogP contribution in [0, 0.1) is 0 Å². The van der Waals surface area contributed by atoms with E-state index in [0.717, 1.165) is 67.6 Å². The number of imidazole rings is 1. The molecule has 0 atom stereocenters. The van der Waals surface area contributed by atoms with Gasteiger partial charge in [-0.3, -0.25) is 4.99 Å². The van der Waals surface area contributed by atoms with Gasteiger partial charge < -0.3 is 20.5 Å². The van der Waals surface area contributed by atoms with Crippen LogP contribution in [0.1, 0.15) is 12.2 Å². The fourth-order valence-corrected chi connectivity index (χ4v) is 3.86. The highest BCUT2D eigenvalue weighted by atomic mass is 32.1. The Bertz CT molecular complexity index is 830. The molecule has 0 unspecified atom stereocenters. The number of aryl methyl sites for hydroxylation is 1. The highest BCUT2D eigenvalue weighted by Gasteiger charge is 2.19. The SMILES string of the molecule is NC(=NCCCc1nc2ccccc2[nH]1)N1CCN(c2nccs2)CC1. The fraction of sp³-hybridized carbons (Fsp3) is 0.389. The van der Waals surface area contributed by atoms with Crippen LogP contribution < -0.4 is 10.6 Å². The van der Waals surface area contributed by atoms with Crippen molar-refractivity contribution in [3.63, 3.8) is 0 Å². The number of aromatic amines is 1. The molecule has 1 aliphatic heterocycles. The summed E-state index contributed by atoms with van der Waals surface area (Å²) in [6.07, 6.45) is 3.66. The number of aliphatic imine (C=N–C) groups is 1. The van der Waals surface area contributed by atoms with E-state index in [1.54, 1.807) is 11.3 Å². The van der Waals surface area contributed by atoms with Crippen molar-refractivity contribution >= 4 is 33.5 Å². The molecule has 26 heavy (non-hydrogen) atoms. The topological polar surface area (TPSA) is 86.4 Å². The second-order valence-electron chi connectivity index (χ2n) is 6.33. The number of nitrogens with one attached hydrogen (secondary N) is 1. The highest BCUT2D eigenvalue weighted by Crippen LogP contribution is 2.18. The first kappa shape index (κ1) is 16.8. The molecule has 1 fully saturated rings. The van der Waals surface area contributed by atoms with Crippen molar-refractivity contribution in [1.29, 1.82) is 0 Å². The van der Waals surface area contributed by atoms with E-state index in [-0.39, 0.29) is 0 Å². The monoisotopic (exact) mass is 369 g/mol. The average molecular weight is 369 g/mol. The fourth-order valence-electron chi connectivity index (χ4n) is 3.16. The van der Waals surface area contributed by atoms with Gasteiger partial charge >= 0.3 is 0 Å². The molecule has 0 radical (unpaired) electrons. The minimum absolute atomic E-state index is 0.647. The van der Waals surface area contributed by atoms with Crippen molar-refractivity contribution in [3.8, 4) is 0 Å². The lowest BCUT2D eigenvalue weighted by molar-refractivity contribution is 0.380. The van der Waals surface area contributed by atoms with Gasteiger partial charge in [-0.15, -0.1) is 11.3 Å². The summed E-state index contributed by atoms with van der Waals surface area (Å²) < 4.78 is 0. The molecule has 1 saturated heterocycles. The molecule has 2 aromatic heterocycles. The zero-order chi connectivity index (χ0) is 17.8. The summed E-state index contributed by atoms with van der Waals surface area (Å²) in [5.74, 6) is 1.66. The zero-order valence-electron chi connectivity index (χ0n) is 14.6. The van der Waals surface area contributed by atoms with Gasteiger partial charge in [0.05, 0.1) is 11.0 Å². The van der Waals surface area contributed by atoms with Gasteiger partial charge in [-0.25, -0.2) is 9.97 Å². The molecule has 8 heteroatoms. The number of rotatable bonds is 5. The number of anilines is 1. The lowest BCUT2D eigenvalue weighted by Crippen LogP contribution is -2.51. The van der Waals surface area contributed by atoms with Crippen molar-refractivity contribution in [2.24, 2.45) is 10.7 Å². The molecule has 3 N–H and O–H groups in total. The molecule has 0 aliphatic carbocycles. The number of nitrogens with two attached hydrogens (primary N) is 1. The maximum Gasteiger partial charge on any atom is 0.191 e. The van der Waals surface area contributed by atoms with E-state index in [1.807, 2.05) is 35.8 Å². The van der Waals surface area contributed by atoms with Crippen molar-refractivity contribution in [3.05, 3.63) is 41.7 Å². The summed E-state index contributed by atoms with van der Waals surface area (Å²) in [6, 6.07) is 8.10. The predicted molar refractivity (Wildman–Crippen MR) is 107 cm³/mol. The number of benzene rings is 1. The van der Waals surface area contributed by atoms with Crippen LogP contribution in [0.25, 0.3) is 11.0 Å². The minimum atomic E-state index is 0.647. The summed E-state index contributed by atoms with van der Waals surface area (Å²) >= 11 is 1.68. The van der Waals surface area contributed by atoms with Crippen LogP contribution in [0.3, 0.4) is 0 Å². The molecule has 3 heterocycles. The normalized spacial score (nSPS) is 15.8. The Balaban J connectivity index is 1.23. The van der Waals surface area contributed by atoms with Crippen molar-refractivity contribution in [2.75, 3.05) is 37.6 Å². The smallest absolute Gasteiger partial charge is 0.191 e. The second kappa shape index (κ2) is 7.74. The van der Waals surface area contributed by atoms with Crippen molar-refractivity contribution in [2.45, 2.75) is 12.8 Å². The number of fused-ring (bicyclic) bond motifs is 1. The number of aromatic nitrogens is 3. The van der Waals surface area contributed by atoms with Crippen LogP contribution in [0.15, 0.2) is 40.8 Å². The van der Waals surface area contributed by atoms with E-state index < -0.39 is 0 Å². The maximum absolute atomic E-state index is 6.17. The van der Waals surface area contributed by atoms with Gasteiger partial charge in [0.25, 0.3) is 0 Å². The Morgan fingerprint density at radius 3 is 2.85 bits per heavy atom. The largest absolute Gasteiger partial charge is 0.370 e. The number of guanidine groups is 1. The predicted octanol–water partition coefficient (Wildman–Crippen LogP) is 2.09. The molecular formula is C18H23N7S. The first-order valence-electron chi connectivity index (χ1n) is 8.92. The summed E-state index contributed by atoms with van der Waals surface area (Å²) in [5.41, 5.74) is 8.28. The Morgan fingerprint density at radius 1 is 1.23 bits per heavy atom. The lowest BCUT2D eigenvalue weighted by Gasteiger charge is -2.35. The number of piperazine rings is 1. The first-order chi connectivity index (χ1) is 12.8. The van der Waals surface area contributed by atoms with E-state index in [1.165, 1.54) is 0 Å². The van der Waals surface area contributed by atoms with Crippen LogP contribution >= 0.6 is 11.3 Å². The summed E-state index contributed by atoms with van der Waals surface area (Å²) in [7, 11) is 0. The van der Waals surface area contributed by atoms with E-state index >= 15 is 0 Å². The third kappa shape index (κ3) is 3.80. The van der Waals surface area contributed by atoms with Gasteiger partial charge in [-0.1, -0.05) is 12.1 Å². The minimum Gasteiger partial charge on any atom is -0.370 e.